The summed E-state index contributed by atoms with van der Waals surface area (Å²) in [5.74, 6) is -1.75. The molecule has 2 N–H and O–H groups in total. The zero-order valence-corrected chi connectivity index (χ0v) is 7.65. The standard InChI is InChI=1S/C9H9F2N.ClH/c1-2-9(12)6-3-4-7(10)8(11)5-6;/h2-5,9H,1,12H2;1H/t9-;/m0./s1. The first-order chi connectivity index (χ1) is 5.65. The summed E-state index contributed by atoms with van der Waals surface area (Å²) in [5, 5.41) is 0. The van der Waals surface area contributed by atoms with Crippen molar-refractivity contribution in [1.29, 1.82) is 0 Å². The molecule has 0 aliphatic heterocycles. The highest BCUT2D eigenvalue weighted by Crippen LogP contribution is 2.14. The van der Waals surface area contributed by atoms with E-state index in [1.54, 1.807) is 0 Å². The van der Waals surface area contributed by atoms with Crippen molar-refractivity contribution in [3.63, 3.8) is 0 Å². The van der Waals surface area contributed by atoms with E-state index < -0.39 is 17.7 Å². The molecular formula is C9H10ClF2N. The zero-order valence-electron chi connectivity index (χ0n) is 6.84. The highest BCUT2D eigenvalue weighted by molar-refractivity contribution is 5.85. The van der Waals surface area contributed by atoms with Gasteiger partial charge in [-0.15, -0.1) is 19.0 Å². The molecule has 0 saturated carbocycles. The Hall–Kier alpha value is -0.930. The lowest BCUT2D eigenvalue weighted by molar-refractivity contribution is 0.506. The molecule has 4 heteroatoms. The predicted molar refractivity (Wildman–Crippen MR) is 50.7 cm³/mol. The van der Waals surface area contributed by atoms with Crippen LogP contribution >= 0.6 is 12.4 Å². The van der Waals surface area contributed by atoms with Crippen LogP contribution in [0.25, 0.3) is 0 Å². The van der Waals surface area contributed by atoms with Gasteiger partial charge in [0.05, 0.1) is 0 Å². The van der Waals surface area contributed by atoms with E-state index in [2.05, 4.69) is 6.58 Å². The van der Waals surface area contributed by atoms with Gasteiger partial charge in [0.1, 0.15) is 0 Å². The van der Waals surface area contributed by atoms with Gasteiger partial charge < -0.3 is 5.73 Å². The Bertz CT molecular complexity index is 302. The van der Waals surface area contributed by atoms with E-state index in [0.29, 0.717) is 5.56 Å². The lowest BCUT2D eigenvalue weighted by atomic mass is 10.1. The predicted octanol–water partition coefficient (Wildman–Crippen LogP) is 2.57. The number of benzene rings is 1. The lowest BCUT2D eigenvalue weighted by Crippen LogP contribution is -2.06. The second-order valence-corrected chi connectivity index (χ2v) is 2.44. The van der Waals surface area contributed by atoms with Crippen molar-refractivity contribution in [3.8, 4) is 0 Å². The molecule has 0 heterocycles. The highest BCUT2D eigenvalue weighted by atomic mass is 35.5. The lowest BCUT2D eigenvalue weighted by Gasteiger charge is -2.05. The van der Waals surface area contributed by atoms with E-state index in [-0.39, 0.29) is 12.4 Å². The van der Waals surface area contributed by atoms with Gasteiger partial charge in [-0.1, -0.05) is 12.1 Å². The number of hydrogen-bond acceptors (Lipinski definition) is 1. The van der Waals surface area contributed by atoms with Gasteiger partial charge in [0.15, 0.2) is 11.6 Å². The van der Waals surface area contributed by atoms with Gasteiger partial charge in [-0.05, 0) is 17.7 Å². The average molecular weight is 206 g/mol. The maximum absolute atomic E-state index is 12.6. The minimum absolute atomic E-state index is 0. The fourth-order valence-electron chi connectivity index (χ4n) is 0.856. The molecule has 0 spiro atoms. The van der Waals surface area contributed by atoms with E-state index in [1.807, 2.05) is 0 Å². The molecule has 0 amide bonds. The molecule has 0 bridgehead atoms. The van der Waals surface area contributed by atoms with E-state index in [0.717, 1.165) is 12.1 Å². The minimum Gasteiger partial charge on any atom is -0.321 e. The minimum atomic E-state index is -0.884. The van der Waals surface area contributed by atoms with Crippen LogP contribution in [0.4, 0.5) is 8.78 Å². The van der Waals surface area contributed by atoms with Crippen molar-refractivity contribution < 1.29 is 8.78 Å². The first-order valence-corrected chi connectivity index (χ1v) is 3.48. The van der Waals surface area contributed by atoms with Crippen LogP contribution in [0.3, 0.4) is 0 Å². The smallest absolute Gasteiger partial charge is 0.159 e. The summed E-state index contributed by atoms with van der Waals surface area (Å²) < 4.78 is 25.0. The first-order valence-electron chi connectivity index (χ1n) is 3.48. The summed E-state index contributed by atoms with van der Waals surface area (Å²) in [4.78, 5) is 0. The van der Waals surface area contributed by atoms with Crippen molar-refractivity contribution in [2.24, 2.45) is 5.73 Å². The van der Waals surface area contributed by atoms with Crippen LogP contribution in [0.2, 0.25) is 0 Å². The van der Waals surface area contributed by atoms with Crippen LogP contribution in [0.15, 0.2) is 30.9 Å². The third-order valence-corrected chi connectivity index (χ3v) is 1.58. The van der Waals surface area contributed by atoms with Gasteiger partial charge in [0.25, 0.3) is 0 Å². The van der Waals surface area contributed by atoms with Crippen molar-refractivity contribution >= 4 is 12.4 Å². The molecule has 0 radical (unpaired) electrons. The van der Waals surface area contributed by atoms with Crippen LogP contribution in [-0.2, 0) is 0 Å². The van der Waals surface area contributed by atoms with Crippen molar-refractivity contribution in [1.82, 2.24) is 0 Å². The second kappa shape index (κ2) is 4.94. The quantitative estimate of drug-likeness (QED) is 0.738. The van der Waals surface area contributed by atoms with Gasteiger partial charge >= 0.3 is 0 Å². The molecule has 1 rings (SSSR count). The Labute approximate surface area is 81.7 Å². The molecule has 0 aliphatic rings. The van der Waals surface area contributed by atoms with E-state index in [9.17, 15) is 8.78 Å². The monoisotopic (exact) mass is 205 g/mol. The summed E-state index contributed by atoms with van der Waals surface area (Å²) >= 11 is 0. The molecule has 1 aromatic rings. The Balaban J connectivity index is 0.00000144. The first kappa shape index (κ1) is 12.1. The fourth-order valence-corrected chi connectivity index (χ4v) is 0.856. The highest BCUT2D eigenvalue weighted by Gasteiger charge is 2.05. The fraction of sp³-hybridized carbons (Fsp3) is 0.111. The Morgan fingerprint density at radius 2 is 1.92 bits per heavy atom. The summed E-state index contributed by atoms with van der Waals surface area (Å²) in [6.45, 7) is 3.45. The Kier molecular flexibility index (Phi) is 4.59. The Morgan fingerprint density at radius 1 is 1.31 bits per heavy atom. The summed E-state index contributed by atoms with van der Waals surface area (Å²) in [6, 6.07) is 3.11. The van der Waals surface area contributed by atoms with Crippen LogP contribution in [0.1, 0.15) is 11.6 Å². The van der Waals surface area contributed by atoms with Crippen molar-refractivity contribution in [2.75, 3.05) is 0 Å². The molecule has 1 atom stereocenters. The maximum atomic E-state index is 12.6. The molecule has 0 aliphatic carbocycles. The molecule has 0 fully saturated rings. The number of halogens is 3. The molecule has 1 nitrogen and oxygen atoms in total. The van der Waals surface area contributed by atoms with Crippen LogP contribution in [0.5, 0.6) is 0 Å². The Morgan fingerprint density at radius 3 is 2.38 bits per heavy atom. The summed E-state index contributed by atoms with van der Waals surface area (Å²) in [5.41, 5.74) is 6.02. The second-order valence-electron chi connectivity index (χ2n) is 2.44. The van der Waals surface area contributed by atoms with Crippen molar-refractivity contribution in [3.05, 3.63) is 48.1 Å². The van der Waals surface area contributed by atoms with E-state index >= 15 is 0 Å². The third-order valence-electron chi connectivity index (χ3n) is 1.58. The van der Waals surface area contributed by atoms with E-state index in [1.165, 1.54) is 12.1 Å². The van der Waals surface area contributed by atoms with Gasteiger partial charge in [0, 0.05) is 6.04 Å². The summed E-state index contributed by atoms with van der Waals surface area (Å²) in [7, 11) is 0. The molecule has 0 saturated heterocycles. The number of rotatable bonds is 2. The van der Waals surface area contributed by atoms with Gasteiger partial charge in [0.2, 0.25) is 0 Å². The molecule has 0 unspecified atom stereocenters. The van der Waals surface area contributed by atoms with E-state index in [4.69, 9.17) is 5.73 Å². The molecule has 0 aromatic heterocycles. The normalized spacial score (nSPS) is 11.6. The molecule has 13 heavy (non-hydrogen) atoms. The van der Waals surface area contributed by atoms with Crippen LogP contribution in [-0.4, -0.2) is 0 Å². The SMILES string of the molecule is C=C[C@H](N)c1ccc(F)c(F)c1.Cl. The third kappa shape index (κ3) is 2.79. The van der Waals surface area contributed by atoms with Crippen LogP contribution < -0.4 is 5.73 Å². The number of hydrogen-bond donors (Lipinski definition) is 1. The molecular weight excluding hydrogens is 196 g/mol. The topological polar surface area (TPSA) is 26.0 Å². The van der Waals surface area contributed by atoms with Gasteiger partial charge in [-0.2, -0.15) is 0 Å². The zero-order chi connectivity index (χ0) is 9.14. The molecule has 72 valence electrons. The average Bonchev–Trinajstić information content (AvgIpc) is 2.08. The van der Waals surface area contributed by atoms with Crippen molar-refractivity contribution in [2.45, 2.75) is 6.04 Å². The maximum Gasteiger partial charge on any atom is 0.159 e. The molecule has 1 aromatic carbocycles. The van der Waals surface area contributed by atoms with Gasteiger partial charge in [-0.3, -0.25) is 0 Å². The largest absolute Gasteiger partial charge is 0.321 e. The number of nitrogens with two attached hydrogens (primary N) is 1. The summed E-state index contributed by atoms with van der Waals surface area (Å²) in [6.07, 6.45) is 1.46. The van der Waals surface area contributed by atoms with Crippen LogP contribution in [0, 0.1) is 11.6 Å². The van der Waals surface area contributed by atoms with Gasteiger partial charge in [-0.25, -0.2) is 8.78 Å².